The Morgan fingerprint density at radius 2 is 1.88 bits per heavy atom. The van der Waals surface area contributed by atoms with Crippen molar-refractivity contribution in [1.82, 2.24) is 13.8 Å². The van der Waals surface area contributed by atoms with Crippen molar-refractivity contribution in [2.24, 2.45) is 13.0 Å². The zero-order valence-corrected chi connectivity index (χ0v) is 16.0. The molecule has 2 heterocycles. The number of hydrogen-bond donors (Lipinski definition) is 0. The number of carbonyl (C=O) groups is 1. The van der Waals surface area contributed by atoms with E-state index < -0.39 is 10.0 Å². The molecule has 7 heteroatoms. The number of rotatable bonds is 6. The Balaban J connectivity index is 2.18. The molecule has 0 atom stereocenters. The predicted molar refractivity (Wildman–Crippen MR) is 94.4 cm³/mol. The maximum Gasteiger partial charge on any atom is 0.270 e. The molecule has 6 nitrogen and oxygen atoms in total. The van der Waals surface area contributed by atoms with Crippen LogP contribution in [0.5, 0.6) is 0 Å². The number of carbonyl (C=O) groups excluding carboxylic acids is 1. The van der Waals surface area contributed by atoms with Gasteiger partial charge in [-0.2, -0.15) is 4.31 Å². The third-order valence-electron chi connectivity index (χ3n) is 4.54. The Kier molecular flexibility index (Phi) is 6.09. The molecule has 0 bridgehead atoms. The Morgan fingerprint density at radius 1 is 1.25 bits per heavy atom. The smallest absolute Gasteiger partial charge is 0.270 e. The lowest BCUT2D eigenvalue weighted by Gasteiger charge is -2.25. The third kappa shape index (κ3) is 4.19. The molecule has 0 radical (unpaired) electrons. The first-order valence-electron chi connectivity index (χ1n) is 8.65. The van der Waals surface area contributed by atoms with Gasteiger partial charge in [0.2, 0.25) is 10.0 Å². The van der Waals surface area contributed by atoms with Gasteiger partial charge in [0.1, 0.15) is 10.6 Å². The Morgan fingerprint density at radius 3 is 2.46 bits per heavy atom. The van der Waals surface area contributed by atoms with Gasteiger partial charge < -0.3 is 9.47 Å². The predicted octanol–water partition coefficient (Wildman–Crippen LogP) is 2.32. The van der Waals surface area contributed by atoms with Crippen molar-refractivity contribution in [2.75, 3.05) is 26.7 Å². The van der Waals surface area contributed by atoms with Crippen LogP contribution in [0.15, 0.2) is 17.2 Å². The summed E-state index contributed by atoms with van der Waals surface area (Å²) in [6, 6.07) is 1.51. The van der Waals surface area contributed by atoms with E-state index >= 15 is 0 Å². The van der Waals surface area contributed by atoms with Crippen molar-refractivity contribution in [3.05, 3.63) is 18.0 Å². The summed E-state index contributed by atoms with van der Waals surface area (Å²) in [5.74, 6) is 0.377. The highest BCUT2D eigenvalue weighted by molar-refractivity contribution is 7.89. The number of amides is 1. The Hall–Kier alpha value is -1.34. The molecule has 0 spiro atoms. The summed E-state index contributed by atoms with van der Waals surface area (Å²) >= 11 is 0. The minimum absolute atomic E-state index is 0.141. The van der Waals surface area contributed by atoms with Crippen LogP contribution in [0.1, 0.15) is 50.0 Å². The van der Waals surface area contributed by atoms with Crippen LogP contribution in [-0.2, 0) is 17.1 Å². The summed E-state index contributed by atoms with van der Waals surface area (Å²) < 4.78 is 28.6. The van der Waals surface area contributed by atoms with Gasteiger partial charge in [0.25, 0.3) is 5.91 Å². The Labute approximate surface area is 145 Å². The normalized spacial score (nSPS) is 16.5. The van der Waals surface area contributed by atoms with Crippen molar-refractivity contribution < 1.29 is 13.2 Å². The van der Waals surface area contributed by atoms with Gasteiger partial charge in [-0.05, 0) is 31.2 Å². The maximum atomic E-state index is 12.7. The first-order chi connectivity index (χ1) is 11.2. The van der Waals surface area contributed by atoms with E-state index in [1.807, 2.05) is 0 Å². The minimum Gasteiger partial charge on any atom is -0.345 e. The van der Waals surface area contributed by atoms with E-state index in [9.17, 15) is 13.2 Å². The van der Waals surface area contributed by atoms with E-state index in [0.717, 1.165) is 25.7 Å². The van der Waals surface area contributed by atoms with Gasteiger partial charge in [-0.25, -0.2) is 8.42 Å². The van der Waals surface area contributed by atoms with E-state index in [-0.39, 0.29) is 10.8 Å². The number of nitrogens with zero attached hydrogens (tertiary/aromatic N) is 3. The van der Waals surface area contributed by atoms with Crippen LogP contribution >= 0.6 is 0 Å². The van der Waals surface area contributed by atoms with Crippen molar-refractivity contribution in [3.8, 4) is 0 Å². The zero-order chi connectivity index (χ0) is 17.9. The molecular weight excluding hydrogens is 326 g/mol. The second-order valence-corrected chi connectivity index (χ2v) is 8.98. The molecule has 24 heavy (non-hydrogen) atoms. The maximum absolute atomic E-state index is 12.7. The average molecular weight is 356 g/mol. The number of piperidine rings is 1. The monoisotopic (exact) mass is 355 g/mol. The van der Waals surface area contributed by atoms with Crippen molar-refractivity contribution in [1.29, 1.82) is 0 Å². The lowest BCUT2D eigenvalue weighted by molar-refractivity contribution is 0.0779. The largest absolute Gasteiger partial charge is 0.345 e. The first kappa shape index (κ1) is 19.0. The fourth-order valence-corrected chi connectivity index (χ4v) is 4.48. The van der Waals surface area contributed by atoms with Gasteiger partial charge in [-0.1, -0.05) is 20.3 Å². The van der Waals surface area contributed by atoms with Gasteiger partial charge in [0, 0.05) is 39.9 Å². The SMILES string of the molecule is CC(C)CCN(C)C(=O)c1cc(S(=O)(=O)N2CCCCC2)cn1C. The lowest BCUT2D eigenvalue weighted by atomic mass is 10.1. The summed E-state index contributed by atoms with van der Waals surface area (Å²) in [4.78, 5) is 14.5. The van der Waals surface area contributed by atoms with Gasteiger partial charge in [0.05, 0.1) is 0 Å². The number of hydrogen-bond acceptors (Lipinski definition) is 3. The van der Waals surface area contributed by atoms with E-state index in [1.165, 1.54) is 10.4 Å². The molecule has 1 aliphatic heterocycles. The molecule has 2 rings (SSSR count). The molecule has 1 amide bonds. The van der Waals surface area contributed by atoms with Gasteiger partial charge in [-0.15, -0.1) is 0 Å². The third-order valence-corrected chi connectivity index (χ3v) is 6.40. The quantitative estimate of drug-likeness (QED) is 0.787. The number of sulfonamides is 1. The topological polar surface area (TPSA) is 62.6 Å². The molecule has 1 aliphatic rings. The van der Waals surface area contributed by atoms with E-state index in [0.29, 0.717) is 31.2 Å². The molecule has 0 aromatic carbocycles. The molecule has 0 aliphatic carbocycles. The molecule has 1 aromatic rings. The van der Waals surface area contributed by atoms with Gasteiger partial charge in [0.15, 0.2) is 0 Å². The molecule has 0 N–H and O–H groups in total. The highest BCUT2D eigenvalue weighted by atomic mass is 32.2. The fraction of sp³-hybridized carbons (Fsp3) is 0.706. The van der Waals surface area contributed by atoms with E-state index in [4.69, 9.17) is 0 Å². The Bertz CT molecular complexity index is 673. The summed E-state index contributed by atoms with van der Waals surface area (Å²) in [7, 11) is -0.0255. The summed E-state index contributed by atoms with van der Waals surface area (Å²) in [5.41, 5.74) is 0.414. The molecule has 1 aromatic heterocycles. The highest BCUT2D eigenvalue weighted by Crippen LogP contribution is 2.22. The van der Waals surface area contributed by atoms with Gasteiger partial charge in [-0.3, -0.25) is 4.79 Å². The second-order valence-electron chi connectivity index (χ2n) is 7.05. The molecule has 0 saturated carbocycles. The molecule has 0 unspecified atom stereocenters. The van der Waals surface area contributed by atoms with Crippen LogP contribution in [0, 0.1) is 5.92 Å². The molecule has 1 fully saturated rings. The number of aryl methyl sites for hydroxylation is 1. The van der Waals surface area contributed by atoms with Crippen LogP contribution < -0.4 is 0 Å². The summed E-state index contributed by atoms with van der Waals surface area (Å²) in [5, 5.41) is 0. The first-order valence-corrected chi connectivity index (χ1v) is 10.1. The molecule has 1 saturated heterocycles. The second kappa shape index (κ2) is 7.70. The van der Waals surface area contributed by atoms with Crippen molar-refractivity contribution >= 4 is 15.9 Å². The van der Waals surface area contributed by atoms with Crippen molar-refractivity contribution in [3.63, 3.8) is 0 Å². The van der Waals surface area contributed by atoms with E-state index in [2.05, 4.69) is 13.8 Å². The molecular formula is C17H29N3O3S. The fourth-order valence-electron chi connectivity index (χ4n) is 2.89. The van der Waals surface area contributed by atoms with Crippen LogP contribution in [0.4, 0.5) is 0 Å². The lowest BCUT2D eigenvalue weighted by Crippen LogP contribution is -2.35. The van der Waals surface area contributed by atoms with Crippen molar-refractivity contribution in [2.45, 2.75) is 44.4 Å². The van der Waals surface area contributed by atoms with Crippen LogP contribution in [0.3, 0.4) is 0 Å². The van der Waals surface area contributed by atoms with Crippen LogP contribution in [0.25, 0.3) is 0 Å². The zero-order valence-electron chi connectivity index (χ0n) is 15.2. The standard InChI is InChI=1S/C17H29N3O3S/c1-14(2)8-11-18(3)17(21)16-12-15(13-19(16)4)24(22,23)20-9-6-5-7-10-20/h12-14H,5-11H2,1-4H3. The average Bonchev–Trinajstić information content (AvgIpc) is 2.95. The number of aromatic nitrogens is 1. The van der Waals surface area contributed by atoms with Gasteiger partial charge >= 0.3 is 0 Å². The summed E-state index contributed by atoms with van der Waals surface area (Å²) in [6.07, 6.45) is 5.34. The van der Waals surface area contributed by atoms with Crippen LogP contribution in [-0.4, -0.2) is 54.8 Å². The van der Waals surface area contributed by atoms with E-state index in [1.54, 1.807) is 29.8 Å². The van der Waals surface area contributed by atoms with Crippen LogP contribution in [0.2, 0.25) is 0 Å². The highest BCUT2D eigenvalue weighted by Gasteiger charge is 2.29. The summed E-state index contributed by atoms with van der Waals surface area (Å²) in [6.45, 7) is 6.02. The minimum atomic E-state index is -3.51. The molecule has 136 valence electrons.